The number of rotatable bonds is 4. The molecule has 2 rings (SSSR count). The van der Waals surface area contributed by atoms with E-state index in [9.17, 15) is 29.4 Å². The zero-order chi connectivity index (χ0) is 18.0. The van der Waals surface area contributed by atoms with E-state index in [1.54, 1.807) is 13.0 Å². The third-order valence-electron chi connectivity index (χ3n) is 3.39. The van der Waals surface area contributed by atoms with E-state index in [-0.39, 0.29) is 16.8 Å². The van der Waals surface area contributed by atoms with Gasteiger partial charge in [-0.15, -0.1) is 0 Å². The maximum atomic E-state index is 13.8. The average molecular weight is 333 g/mol. The molecule has 2 aromatic rings. The highest BCUT2D eigenvalue weighted by atomic mass is 19.1. The second kappa shape index (κ2) is 6.41. The number of non-ortho nitro benzene ring substituents is 1. The highest BCUT2D eigenvalue weighted by Gasteiger charge is 2.25. The van der Waals surface area contributed by atoms with Gasteiger partial charge in [0.1, 0.15) is 5.82 Å². The number of hydrogen-bond acceptors (Lipinski definition) is 5. The molecular formula is C15H12FN3O5. The summed E-state index contributed by atoms with van der Waals surface area (Å²) < 4.78 is 13.8. The summed E-state index contributed by atoms with van der Waals surface area (Å²) in [6.07, 6.45) is 0. The van der Waals surface area contributed by atoms with Crippen molar-refractivity contribution in [3.05, 3.63) is 73.1 Å². The van der Waals surface area contributed by atoms with Crippen molar-refractivity contribution in [2.45, 2.75) is 13.8 Å². The molecule has 0 fully saturated rings. The Morgan fingerprint density at radius 2 is 1.75 bits per heavy atom. The SMILES string of the molecule is Cc1ccc(NC(=O)c2cc([N+](=O)[O-])cc([N+](=O)[O-])c2C)c(F)c1. The molecule has 0 aromatic heterocycles. The number of nitrogens with zero attached hydrogens (tertiary/aromatic N) is 2. The number of anilines is 1. The van der Waals surface area contributed by atoms with Crippen LogP contribution in [0.1, 0.15) is 21.5 Å². The van der Waals surface area contributed by atoms with E-state index in [0.29, 0.717) is 5.56 Å². The van der Waals surface area contributed by atoms with Gasteiger partial charge in [0.05, 0.1) is 27.2 Å². The third-order valence-corrected chi connectivity index (χ3v) is 3.39. The van der Waals surface area contributed by atoms with E-state index in [1.165, 1.54) is 19.1 Å². The first-order chi connectivity index (χ1) is 11.2. The third kappa shape index (κ3) is 3.35. The maximum Gasteiger partial charge on any atom is 0.279 e. The lowest BCUT2D eigenvalue weighted by atomic mass is 10.0. The van der Waals surface area contributed by atoms with Crippen LogP contribution in [0.15, 0.2) is 30.3 Å². The minimum absolute atomic E-state index is 0.0457. The van der Waals surface area contributed by atoms with Crippen molar-refractivity contribution in [3.63, 3.8) is 0 Å². The monoisotopic (exact) mass is 333 g/mol. The van der Waals surface area contributed by atoms with Crippen LogP contribution >= 0.6 is 0 Å². The highest BCUT2D eigenvalue weighted by molar-refractivity contribution is 6.06. The molecule has 0 heterocycles. The van der Waals surface area contributed by atoms with Crippen LogP contribution in [0.4, 0.5) is 21.5 Å². The molecule has 9 heteroatoms. The zero-order valence-corrected chi connectivity index (χ0v) is 12.7. The second-order valence-electron chi connectivity index (χ2n) is 5.09. The number of carbonyl (C=O) groups is 1. The fraction of sp³-hybridized carbons (Fsp3) is 0.133. The predicted octanol–water partition coefficient (Wildman–Crippen LogP) is 3.51. The Kier molecular flexibility index (Phi) is 4.54. The molecule has 0 saturated heterocycles. The topological polar surface area (TPSA) is 115 Å². The Bertz CT molecular complexity index is 866. The smallest absolute Gasteiger partial charge is 0.279 e. The summed E-state index contributed by atoms with van der Waals surface area (Å²) in [6, 6.07) is 5.81. The molecule has 2 aromatic carbocycles. The molecule has 0 radical (unpaired) electrons. The standard InChI is InChI=1S/C15H12FN3O5/c1-8-3-4-13(12(16)5-8)17-15(20)11-6-10(18(21)22)7-14(9(11)2)19(23)24/h3-7H,1-2H3,(H,17,20). The summed E-state index contributed by atoms with van der Waals surface area (Å²) in [7, 11) is 0. The van der Waals surface area contributed by atoms with Gasteiger partial charge in [0.15, 0.2) is 0 Å². The number of benzene rings is 2. The number of hydrogen-bond donors (Lipinski definition) is 1. The second-order valence-corrected chi connectivity index (χ2v) is 5.09. The van der Waals surface area contributed by atoms with Gasteiger partial charge < -0.3 is 5.32 Å². The van der Waals surface area contributed by atoms with Gasteiger partial charge in [0, 0.05) is 11.6 Å². The van der Waals surface area contributed by atoms with Crippen LogP contribution in [-0.4, -0.2) is 15.8 Å². The lowest BCUT2D eigenvalue weighted by Gasteiger charge is -2.09. The van der Waals surface area contributed by atoms with Gasteiger partial charge in [-0.3, -0.25) is 25.0 Å². The summed E-state index contributed by atoms with van der Waals surface area (Å²) in [5.74, 6) is -1.55. The minimum atomic E-state index is -0.873. The Balaban J connectivity index is 2.48. The maximum absolute atomic E-state index is 13.8. The van der Waals surface area contributed by atoms with Crippen molar-refractivity contribution in [1.29, 1.82) is 0 Å². The van der Waals surface area contributed by atoms with Crippen molar-refractivity contribution in [3.8, 4) is 0 Å². The number of nitrogens with one attached hydrogen (secondary N) is 1. The van der Waals surface area contributed by atoms with Crippen LogP contribution < -0.4 is 5.32 Å². The molecule has 1 N–H and O–H groups in total. The van der Waals surface area contributed by atoms with Crippen LogP contribution in [0, 0.1) is 39.9 Å². The Morgan fingerprint density at radius 3 is 2.29 bits per heavy atom. The molecule has 0 aliphatic carbocycles. The van der Waals surface area contributed by atoms with Crippen molar-refractivity contribution in [1.82, 2.24) is 0 Å². The highest BCUT2D eigenvalue weighted by Crippen LogP contribution is 2.29. The van der Waals surface area contributed by atoms with Gasteiger partial charge in [-0.2, -0.15) is 0 Å². The van der Waals surface area contributed by atoms with Gasteiger partial charge in [-0.25, -0.2) is 4.39 Å². The zero-order valence-electron chi connectivity index (χ0n) is 12.7. The van der Waals surface area contributed by atoms with Crippen LogP contribution in [-0.2, 0) is 0 Å². The van der Waals surface area contributed by atoms with Crippen molar-refractivity contribution in [2.75, 3.05) is 5.32 Å². The number of halogens is 1. The number of aryl methyl sites for hydroxylation is 1. The molecule has 8 nitrogen and oxygen atoms in total. The van der Waals surface area contributed by atoms with Crippen LogP contribution in [0.25, 0.3) is 0 Å². The Morgan fingerprint density at radius 1 is 1.08 bits per heavy atom. The molecule has 124 valence electrons. The fourth-order valence-electron chi connectivity index (χ4n) is 2.13. The predicted molar refractivity (Wildman–Crippen MR) is 83.6 cm³/mol. The summed E-state index contributed by atoms with van der Waals surface area (Å²) in [4.78, 5) is 32.6. The minimum Gasteiger partial charge on any atom is -0.319 e. The normalized spacial score (nSPS) is 10.3. The van der Waals surface area contributed by atoms with E-state index in [1.807, 2.05) is 0 Å². The first-order valence-corrected chi connectivity index (χ1v) is 6.71. The molecular weight excluding hydrogens is 321 g/mol. The largest absolute Gasteiger partial charge is 0.319 e. The van der Waals surface area contributed by atoms with Crippen molar-refractivity contribution < 1.29 is 19.0 Å². The van der Waals surface area contributed by atoms with Gasteiger partial charge in [-0.05, 0) is 31.5 Å². The fourth-order valence-corrected chi connectivity index (χ4v) is 2.13. The molecule has 0 aliphatic rings. The molecule has 1 amide bonds. The van der Waals surface area contributed by atoms with E-state index in [4.69, 9.17) is 0 Å². The first kappa shape index (κ1) is 17.0. The first-order valence-electron chi connectivity index (χ1n) is 6.71. The van der Waals surface area contributed by atoms with Gasteiger partial charge in [0.2, 0.25) is 0 Å². The van der Waals surface area contributed by atoms with Crippen LogP contribution in [0.2, 0.25) is 0 Å². The summed E-state index contributed by atoms with van der Waals surface area (Å²) in [6.45, 7) is 2.96. The number of amides is 1. The molecule has 0 saturated carbocycles. The molecule has 0 atom stereocenters. The number of carbonyl (C=O) groups excluding carboxylic acids is 1. The molecule has 0 unspecified atom stereocenters. The number of nitro benzene ring substituents is 2. The lowest BCUT2D eigenvalue weighted by Crippen LogP contribution is -2.15. The van der Waals surface area contributed by atoms with Crippen molar-refractivity contribution in [2.24, 2.45) is 0 Å². The molecule has 24 heavy (non-hydrogen) atoms. The summed E-state index contributed by atoms with van der Waals surface area (Å²) in [5.41, 5.74) is -0.945. The molecule has 0 bridgehead atoms. The lowest BCUT2D eigenvalue weighted by molar-refractivity contribution is -0.394. The Hall–Kier alpha value is -3.36. The van der Waals surface area contributed by atoms with Gasteiger partial charge in [0.25, 0.3) is 17.3 Å². The van der Waals surface area contributed by atoms with E-state index in [0.717, 1.165) is 12.1 Å². The molecule has 0 spiro atoms. The van der Waals surface area contributed by atoms with Crippen LogP contribution in [0.3, 0.4) is 0 Å². The quantitative estimate of drug-likeness (QED) is 0.679. The number of nitro groups is 2. The average Bonchev–Trinajstić information content (AvgIpc) is 2.49. The van der Waals surface area contributed by atoms with Crippen LogP contribution in [0.5, 0.6) is 0 Å². The Labute approximate surface area is 135 Å². The van der Waals surface area contributed by atoms with E-state index in [2.05, 4.69) is 5.32 Å². The van der Waals surface area contributed by atoms with Crippen molar-refractivity contribution >= 4 is 23.0 Å². The van der Waals surface area contributed by atoms with E-state index < -0.39 is 32.9 Å². The summed E-state index contributed by atoms with van der Waals surface area (Å²) >= 11 is 0. The van der Waals surface area contributed by atoms with E-state index >= 15 is 0 Å². The molecule has 0 aliphatic heterocycles. The van der Waals surface area contributed by atoms with Gasteiger partial charge in [-0.1, -0.05) is 6.07 Å². The van der Waals surface area contributed by atoms with Gasteiger partial charge >= 0.3 is 0 Å². The summed E-state index contributed by atoms with van der Waals surface area (Å²) in [5, 5.41) is 24.2.